The van der Waals surface area contributed by atoms with E-state index in [0.29, 0.717) is 18.4 Å². The highest BCUT2D eigenvalue weighted by atomic mass is 35.5. The number of piperidine rings is 1. The third kappa shape index (κ3) is 3.91. The van der Waals surface area contributed by atoms with Gasteiger partial charge < -0.3 is 11.1 Å². The van der Waals surface area contributed by atoms with E-state index in [4.69, 9.17) is 29.6 Å². The third-order valence-corrected chi connectivity index (χ3v) is 5.33. The molecule has 6 nitrogen and oxygen atoms in total. The van der Waals surface area contributed by atoms with Gasteiger partial charge in [-0.15, -0.1) is 0 Å². The number of carbonyl (C=O) groups is 1. The van der Waals surface area contributed by atoms with Crippen LogP contribution in [0.1, 0.15) is 18.4 Å². The van der Waals surface area contributed by atoms with Gasteiger partial charge in [0.1, 0.15) is 9.88 Å². The Labute approximate surface area is 133 Å². The van der Waals surface area contributed by atoms with Gasteiger partial charge in [0, 0.05) is 24.6 Å². The fourth-order valence-corrected chi connectivity index (χ4v) is 3.93. The summed E-state index contributed by atoms with van der Waals surface area (Å²) < 4.78 is 27.2. The number of nitrogens with one attached hydrogen (secondary N) is 2. The maximum Gasteiger partial charge on any atom is 0.242 e. The molecule has 0 bridgehead atoms. The average Bonchev–Trinajstić information content (AvgIpc) is 2.40. The number of nitrogens with two attached hydrogens (primary N) is 1. The fourth-order valence-electron chi connectivity index (χ4n) is 1.99. The number of benzene rings is 1. The van der Waals surface area contributed by atoms with E-state index in [1.807, 2.05) is 0 Å². The normalized spacial score (nSPS) is 19.1. The molecule has 0 aliphatic carbocycles. The summed E-state index contributed by atoms with van der Waals surface area (Å²) in [5.41, 5.74) is 5.97. The standard InChI is InChI=1S/C12H14ClN3O3S2/c13-9-5-7(12(14)20)1-3-10(9)21(18,19)16-8-2-4-11(17)15-6-8/h1,3,5,8,16H,2,4,6H2,(H2,14,20)(H,15,17). The molecule has 1 unspecified atom stereocenters. The lowest BCUT2D eigenvalue weighted by molar-refractivity contribution is -0.122. The van der Waals surface area contributed by atoms with Crippen molar-refractivity contribution in [3.05, 3.63) is 28.8 Å². The van der Waals surface area contributed by atoms with Gasteiger partial charge in [0.05, 0.1) is 5.02 Å². The van der Waals surface area contributed by atoms with Crippen molar-refractivity contribution in [3.63, 3.8) is 0 Å². The van der Waals surface area contributed by atoms with Crippen LogP contribution >= 0.6 is 23.8 Å². The lowest BCUT2D eigenvalue weighted by atomic mass is 10.1. The van der Waals surface area contributed by atoms with E-state index in [9.17, 15) is 13.2 Å². The van der Waals surface area contributed by atoms with Crippen LogP contribution in [-0.2, 0) is 14.8 Å². The van der Waals surface area contributed by atoms with E-state index < -0.39 is 10.0 Å². The highest BCUT2D eigenvalue weighted by Crippen LogP contribution is 2.23. The molecule has 1 fully saturated rings. The van der Waals surface area contributed by atoms with Crippen molar-refractivity contribution in [2.45, 2.75) is 23.8 Å². The fraction of sp³-hybridized carbons (Fsp3) is 0.333. The maximum atomic E-state index is 12.3. The van der Waals surface area contributed by atoms with E-state index in [1.165, 1.54) is 18.2 Å². The number of amides is 1. The molecule has 1 aromatic carbocycles. The molecule has 1 aliphatic rings. The molecule has 9 heteroatoms. The number of thiocarbonyl (C=S) groups is 1. The zero-order valence-electron chi connectivity index (χ0n) is 10.9. The van der Waals surface area contributed by atoms with Crippen LogP contribution in [0.15, 0.2) is 23.1 Å². The molecular formula is C12H14ClN3O3S2. The Morgan fingerprint density at radius 3 is 2.71 bits per heavy atom. The summed E-state index contributed by atoms with van der Waals surface area (Å²) in [6.07, 6.45) is 0.745. The van der Waals surface area contributed by atoms with Crippen molar-refractivity contribution in [3.8, 4) is 0 Å². The van der Waals surface area contributed by atoms with Gasteiger partial charge in [0.25, 0.3) is 0 Å². The van der Waals surface area contributed by atoms with Crippen molar-refractivity contribution >= 4 is 44.7 Å². The number of hydrogen-bond acceptors (Lipinski definition) is 4. The quantitative estimate of drug-likeness (QED) is 0.690. The molecule has 1 aliphatic heterocycles. The Balaban J connectivity index is 2.19. The minimum absolute atomic E-state index is 0.0407. The monoisotopic (exact) mass is 347 g/mol. The molecule has 1 heterocycles. The van der Waals surface area contributed by atoms with Gasteiger partial charge in [-0.05, 0) is 18.6 Å². The summed E-state index contributed by atoms with van der Waals surface area (Å²) in [5, 5.41) is 2.66. The second-order valence-corrected chi connectivity index (χ2v) is 7.20. The largest absolute Gasteiger partial charge is 0.389 e. The number of carbonyl (C=O) groups excluding carboxylic acids is 1. The first-order valence-electron chi connectivity index (χ1n) is 6.18. The van der Waals surface area contributed by atoms with Crippen LogP contribution in [0, 0.1) is 0 Å². The van der Waals surface area contributed by atoms with Gasteiger partial charge in [-0.2, -0.15) is 0 Å². The van der Waals surface area contributed by atoms with Crippen molar-refractivity contribution < 1.29 is 13.2 Å². The van der Waals surface area contributed by atoms with Gasteiger partial charge >= 0.3 is 0 Å². The summed E-state index contributed by atoms with van der Waals surface area (Å²) in [6, 6.07) is 3.94. The molecule has 1 atom stereocenters. The predicted molar refractivity (Wildman–Crippen MR) is 83.7 cm³/mol. The topological polar surface area (TPSA) is 101 Å². The zero-order valence-corrected chi connectivity index (χ0v) is 13.3. The molecule has 1 saturated heterocycles. The van der Waals surface area contributed by atoms with Crippen LogP contribution in [0.5, 0.6) is 0 Å². The van der Waals surface area contributed by atoms with Crippen LogP contribution in [-0.4, -0.2) is 31.9 Å². The summed E-state index contributed by atoms with van der Waals surface area (Å²) >= 11 is 10.8. The van der Waals surface area contributed by atoms with Crippen LogP contribution < -0.4 is 15.8 Å². The zero-order chi connectivity index (χ0) is 15.6. The lowest BCUT2D eigenvalue weighted by Crippen LogP contribution is -2.47. The molecule has 1 amide bonds. The lowest BCUT2D eigenvalue weighted by Gasteiger charge is -2.23. The number of rotatable bonds is 4. The molecular weight excluding hydrogens is 334 g/mol. The van der Waals surface area contributed by atoms with Crippen LogP contribution in [0.4, 0.5) is 0 Å². The highest BCUT2D eigenvalue weighted by molar-refractivity contribution is 7.89. The molecule has 0 saturated carbocycles. The molecule has 21 heavy (non-hydrogen) atoms. The van der Waals surface area contributed by atoms with Gasteiger partial charge in [0.2, 0.25) is 15.9 Å². The van der Waals surface area contributed by atoms with E-state index in [2.05, 4.69) is 10.0 Å². The van der Waals surface area contributed by atoms with Crippen LogP contribution in [0.3, 0.4) is 0 Å². The summed E-state index contributed by atoms with van der Waals surface area (Å²) in [6.45, 7) is 0.265. The molecule has 0 spiro atoms. The van der Waals surface area contributed by atoms with E-state index in [1.54, 1.807) is 0 Å². The van der Waals surface area contributed by atoms with Crippen LogP contribution in [0.25, 0.3) is 0 Å². The first kappa shape index (κ1) is 16.2. The van der Waals surface area contributed by atoms with E-state index in [0.717, 1.165) is 0 Å². The van der Waals surface area contributed by atoms with E-state index in [-0.39, 0.29) is 33.4 Å². The smallest absolute Gasteiger partial charge is 0.242 e. The average molecular weight is 348 g/mol. The first-order valence-corrected chi connectivity index (χ1v) is 8.45. The van der Waals surface area contributed by atoms with Gasteiger partial charge in [0.15, 0.2) is 0 Å². The SMILES string of the molecule is NC(=S)c1ccc(S(=O)(=O)NC2CCC(=O)NC2)c(Cl)c1. The summed E-state index contributed by atoms with van der Waals surface area (Å²) in [5.74, 6) is -0.0794. The van der Waals surface area contributed by atoms with Crippen LogP contribution in [0.2, 0.25) is 5.02 Å². The number of sulfonamides is 1. The highest BCUT2D eigenvalue weighted by Gasteiger charge is 2.25. The molecule has 1 aromatic rings. The number of halogens is 1. The Kier molecular flexibility index (Phi) is 4.82. The molecule has 0 radical (unpaired) electrons. The Morgan fingerprint density at radius 1 is 1.48 bits per heavy atom. The Morgan fingerprint density at radius 2 is 2.19 bits per heavy atom. The summed E-state index contributed by atoms with van der Waals surface area (Å²) in [7, 11) is -3.77. The van der Waals surface area contributed by atoms with Crippen molar-refractivity contribution in [1.29, 1.82) is 0 Å². The minimum Gasteiger partial charge on any atom is -0.389 e. The minimum atomic E-state index is -3.77. The van der Waals surface area contributed by atoms with Crippen molar-refractivity contribution in [1.82, 2.24) is 10.0 Å². The Bertz CT molecular complexity index is 681. The predicted octanol–water partition coefficient (Wildman–Crippen LogP) is 0.531. The molecule has 0 aromatic heterocycles. The van der Waals surface area contributed by atoms with Crippen molar-refractivity contribution in [2.75, 3.05) is 6.54 Å². The summed E-state index contributed by atoms with van der Waals surface area (Å²) in [4.78, 5) is 11.2. The van der Waals surface area contributed by atoms with Gasteiger partial charge in [-0.3, -0.25) is 4.79 Å². The second kappa shape index (κ2) is 6.27. The first-order chi connectivity index (χ1) is 9.79. The number of hydrogen-bond donors (Lipinski definition) is 3. The van der Waals surface area contributed by atoms with Gasteiger partial charge in [-0.1, -0.05) is 29.9 Å². The third-order valence-electron chi connectivity index (χ3n) is 3.09. The Hall–Kier alpha value is -1.22. The van der Waals surface area contributed by atoms with E-state index >= 15 is 0 Å². The molecule has 2 rings (SSSR count). The maximum absolute atomic E-state index is 12.3. The second-order valence-electron chi connectivity index (χ2n) is 4.67. The molecule has 4 N–H and O–H groups in total. The van der Waals surface area contributed by atoms with Crippen molar-refractivity contribution in [2.24, 2.45) is 5.73 Å². The molecule has 114 valence electrons. The van der Waals surface area contributed by atoms with Gasteiger partial charge in [-0.25, -0.2) is 13.1 Å².